The highest BCUT2D eigenvalue weighted by molar-refractivity contribution is 5.94. The van der Waals surface area contributed by atoms with Crippen molar-refractivity contribution in [3.8, 4) is 5.75 Å². The van der Waals surface area contributed by atoms with Crippen LogP contribution in [0.5, 0.6) is 5.75 Å². The number of hydrogen-bond acceptors (Lipinski definition) is 3. The highest BCUT2D eigenvalue weighted by atomic mass is 19.3. The van der Waals surface area contributed by atoms with Crippen LogP contribution in [0.2, 0.25) is 0 Å². The average molecular weight is 301 g/mol. The number of rotatable bonds is 9. The van der Waals surface area contributed by atoms with Gasteiger partial charge in [0.15, 0.2) is 0 Å². The molecule has 0 bridgehead atoms. The van der Waals surface area contributed by atoms with E-state index >= 15 is 0 Å². The Labute approximate surface area is 123 Å². The van der Waals surface area contributed by atoms with Crippen molar-refractivity contribution < 1.29 is 23.0 Å². The molecule has 0 saturated carbocycles. The molecule has 0 unspecified atom stereocenters. The van der Waals surface area contributed by atoms with Crippen molar-refractivity contribution in [2.75, 3.05) is 19.8 Å². The Hall–Kier alpha value is -1.69. The average Bonchev–Trinajstić information content (AvgIpc) is 2.42. The van der Waals surface area contributed by atoms with Crippen LogP contribution in [-0.2, 0) is 4.74 Å². The summed E-state index contributed by atoms with van der Waals surface area (Å²) in [4.78, 5) is 11.8. The van der Waals surface area contributed by atoms with E-state index in [0.29, 0.717) is 31.2 Å². The van der Waals surface area contributed by atoms with E-state index < -0.39 is 6.61 Å². The number of alkyl halides is 2. The Morgan fingerprint density at radius 3 is 2.48 bits per heavy atom. The van der Waals surface area contributed by atoms with Gasteiger partial charge in [-0.2, -0.15) is 8.78 Å². The summed E-state index contributed by atoms with van der Waals surface area (Å²) in [5.41, 5.74) is 0.403. The molecule has 1 N–H and O–H groups in total. The molecule has 0 fully saturated rings. The Bertz CT molecular complexity index is 421. The summed E-state index contributed by atoms with van der Waals surface area (Å²) in [6.45, 7) is 3.09. The first-order chi connectivity index (χ1) is 9.99. The highest BCUT2D eigenvalue weighted by Crippen LogP contribution is 2.14. The monoisotopic (exact) mass is 301 g/mol. The summed E-state index contributed by atoms with van der Waals surface area (Å²) in [5, 5.41) is 2.74. The van der Waals surface area contributed by atoms with Gasteiger partial charge in [-0.1, -0.05) is 13.8 Å². The summed E-state index contributed by atoms with van der Waals surface area (Å²) in [6, 6.07) is 5.57. The maximum Gasteiger partial charge on any atom is 0.387 e. The van der Waals surface area contributed by atoms with Crippen molar-refractivity contribution in [3.05, 3.63) is 29.8 Å². The zero-order chi connectivity index (χ0) is 15.7. The molecule has 4 nitrogen and oxygen atoms in total. The molecule has 1 aromatic carbocycles. The molecule has 0 heterocycles. The number of halogens is 2. The van der Waals surface area contributed by atoms with Gasteiger partial charge in [-0.3, -0.25) is 4.79 Å². The number of ether oxygens (including phenoxy) is 2. The molecule has 1 rings (SSSR count). The van der Waals surface area contributed by atoms with E-state index in [0.717, 1.165) is 6.42 Å². The molecule has 0 radical (unpaired) electrons. The lowest BCUT2D eigenvalue weighted by atomic mass is 10.2. The number of amides is 1. The molecule has 0 atom stereocenters. The third kappa shape index (κ3) is 7.60. The molecule has 1 aromatic rings. The molecular weight excluding hydrogens is 280 g/mol. The van der Waals surface area contributed by atoms with Gasteiger partial charge in [-0.05, 0) is 36.6 Å². The minimum Gasteiger partial charge on any atom is -0.435 e. The van der Waals surface area contributed by atoms with Crippen molar-refractivity contribution in [2.45, 2.75) is 26.9 Å². The van der Waals surface area contributed by atoms with Gasteiger partial charge in [-0.15, -0.1) is 0 Å². The first kappa shape index (κ1) is 17.4. The van der Waals surface area contributed by atoms with E-state index in [2.05, 4.69) is 23.9 Å². The second-order valence-electron chi connectivity index (χ2n) is 4.98. The minimum atomic E-state index is -2.87. The standard InChI is InChI=1S/C15H21F2NO3/c1-11(2)10-20-9-3-8-18-14(19)12-4-6-13(7-5-12)21-15(16)17/h4-7,11,15H,3,8-10H2,1-2H3,(H,18,19). The van der Waals surface area contributed by atoms with Crippen LogP contribution in [-0.4, -0.2) is 32.3 Å². The predicted molar refractivity (Wildman–Crippen MR) is 75.7 cm³/mol. The van der Waals surface area contributed by atoms with Crippen molar-refractivity contribution >= 4 is 5.91 Å². The summed E-state index contributed by atoms with van der Waals surface area (Å²) in [5.74, 6) is 0.277. The fourth-order valence-electron chi connectivity index (χ4n) is 1.58. The fourth-order valence-corrected chi connectivity index (χ4v) is 1.58. The Balaban J connectivity index is 2.25. The van der Waals surface area contributed by atoms with Gasteiger partial charge in [0.1, 0.15) is 5.75 Å². The molecule has 1 amide bonds. The van der Waals surface area contributed by atoms with E-state index in [1.807, 2.05) is 0 Å². The maximum atomic E-state index is 12.0. The number of carbonyl (C=O) groups excluding carboxylic acids is 1. The fraction of sp³-hybridized carbons (Fsp3) is 0.533. The highest BCUT2D eigenvalue weighted by Gasteiger charge is 2.07. The van der Waals surface area contributed by atoms with Crippen LogP contribution in [0.15, 0.2) is 24.3 Å². The van der Waals surface area contributed by atoms with E-state index in [9.17, 15) is 13.6 Å². The van der Waals surface area contributed by atoms with E-state index in [1.54, 1.807) is 0 Å². The molecule has 0 saturated heterocycles. The summed E-state index contributed by atoms with van der Waals surface area (Å²) in [7, 11) is 0. The van der Waals surface area contributed by atoms with Crippen LogP contribution >= 0.6 is 0 Å². The second-order valence-corrected chi connectivity index (χ2v) is 4.98. The van der Waals surface area contributed by atoms with Crippen molar-refractivity contribution in [3.63, 3.8) is 0 Å². The third-order valence-corrected chi connectivity index (χ3v) is 2.54. The molecule has 0 aliphatic heterocycles. The topological polar surface area (TPSA) is 47.6 Å². The van der Waals surface area contributed by atoms with Crippen molar-refractivity contribution in [1.29, 1.82) is 0 Å². The number of hydrogen-bond donors (Lipinski definition) is 1. The van der Waals surface area contributed by atoms with Crippen LogP contribution in [0.1, 0.15) is 30.6 Å². The molecule has 118 valence electrons. The van der Waals surface area contributed by atoms with Gasteiger partial charge in [0, 0.05) is 25.3 Å². The van der Waals surface area contributed by atoms with Gasteiger partial charge in [0.05, 0.1) is 0 Å². The first-order valence-corrected chi connectivity index (χ1v) is 6.90. The largest absolute Gasteiger partial charge is 0.435 e. The molecular formula is C15H21F2NO3. The summed E-state index contributed by atoms with van der Waals surface area (Å²) < 4.78 is 33.6. The molecule has 0 aliphatic carbocycles. The third-order valence-electron chi connectivity index (χ3n) is 2.54. The van der Waals surface area contributed by atoms with Gasteiger partial charge in [0.2, 0.25) is 0 Å². The predicted octanol–water partition coefficient (Wildman–Crippen LogP) is 3.08. The van der Waals surface area contributed by atoms with Crippen LogP contribution < -0.4 is 10.1 Å². The van der Waals surface area contributed by atoms with Gasteiger partial charge >= 0.3 is 6.61 Å². The van der Waals surface area contributed by atoms with Crippen LogP contribution in [0.25, 0.3) is 0 Å². The van der Waals surface area contributed by atoms with Crippen LogP contribution in [0.3, 0.4) is 0 Å². The second kappa shape index (κ2) is 9.28. The van der Waals surface area contributed by atoms with E-state index in [1.165, 1.54) is 24.3 Å². The smallest absolute Gasteiger partial charge is 0.387 e. The lowest BCUT2D eigenvalue weighted by molar-refractivity contribution is -0.0498. The normalized spacial score (nSPS) is 11.0. The minimum absolute atomic E-state index is 0.0311. The van der Waals surface area contributed by atoms with Crippen molar-refractivity contribution in [1.82, 2.24) is 5.32 Å². The molecule has 0 spiro atoms. The number of benzene rings is 1. The SMILES string of the molecule is CC(C)COCCCNC(=O)c1ccc(OC(F)F)cc1. The maximum absolute atomic E-state index is 12.0. The van der Waals surface area contributed by atoms with E-state index in [4.69, 9.17) is 4.74 Å². The number of carbonyl (C=O) groups is 1. The van der Waals surface area contributed by atoms with Crippen LogP contribution in [0.4, 0.5) is 8.78 Å². The first-order valence-electron chi connectivity index (χ1n) is 6.90. The molecule has 0 aromatic heterocycles. The van der Waals surface area contributed by atoms with Gasteiger partial charge in [0.25, 0.3) is 5.91 Å². The summed E-state index contributed by atoms with van der Waals surface area (Å²) in [6.07, 6.45) is 0.727. The zero-order valence-electron chi connectivity index (χ0n) is 12.3. The van der Waals surface area contributed by atoms with E-state index in [-0.39, 0.29) is 11.7 Å². The zero-order valence-corrected chi connectivity index (χ0v) is 12.3. The van der Waals surface area contributed by atoms with Gasteiger partial charge < -0.3 is 14.8 Å². The van der Waals surface area contributed by atoms with Crippen LogP contribution in [0, 0.1) is 5.92 Å². The lowest BCUT2D eigenvalue weighted by Crippen LogP contribution is -2.25. The molecule has 6 heteroatoms. The quantitative estimate of drug-likeness (QED) is 0.713. The van der Waals surface area contributed by atoms with Crippen molar-refractivity contribution in [2.24, 2.45) is 5.92 Å². The Morgan fingerprint density at radius 1 is 1.24 bits per heavy atom. The lowest BCUT2D eigenvalue weighted by Gasteiger charge is -2.08. The van der Waals surface area contributed by atoms with Gasteiger partial charge in [-0.25, -0.2) is 0 Å². The summed E-state index contributed by atoms with van der Waals surface area (Å²) >= 11 is 0. The molecule has 0 aliphatic rings. The Kier molecular flexibility index (Phi) is 7.68. The number of nitrogens with one attached hydrogen (secondary N) is 1. The Morgan fingerprint density at radius 2 is 1.90 bits per heavy atom. The molecule has 21 heavy (non-hydrogen) atoms.